The molecule has 1 aliphatic rings. The summed E-state index contributed by atoms with van der Waals surface area (Å²) < 4.78 is 38.6. The molecule has 0 amide bonds. The standard InChI is InChI=1S/C17H28N2O4S.ClH/c1-5-22-14-8-7-13(11-15(14)23-6-2)24(20,21)19-10-9-16(18)17(3,4)12-19;/h7-8,11,16H,5-6,9-10,12,18H2,1-4H3;1H. The topological polar surface area (TPSA) is 81.9 Å². The average Bonchev–Trinajstić information content (AvgIpc) is 2.52. The van der Waals surface area contributed by atoms with E-state index in [2.05, 4.69) is 0 Å². The summed E-state index contributed by atoms with van der Waals surface area (Å²) in [6.07, 6.45) is 0.654. The van der Waals surface area contributed by atoms with Crippen molar-refractivity contribution in [3.63, 3.8) is 0 Å². The van der Waals surface area contributed by atoms with Gasteiger partial charge in [-0.25, -0.2) is 8.42 Å². The van der Waals surface area contributed by atoms with Gasteiger partial charge >= 0.3 is 0 Å². The summed E-state index contributed by atoms with van der Waals surface area (Å²) in [4.78, 5) is 0.223. The lowest BCUT2D eigenvalue weighted by atomic mass is 9.81. The predicted octanol–water partition coefficient (Wildman–Crippen LogP) is 2.65. The fraction of sp³-hybridized carbons (Fsp3) is 0.647. The van der Waals surface area contributed by atoms with Crippen LogP contribution in [0.15, 0.2) is 23.1 Å². The molecule has 2 rings (SSSR count). The minimum atomic E-state index is -3.59. The molecule has 1 aromatic carbocycles. The number of halogens is 1. The number of rotatable bonds is 6. The molecule has 6 nitrogen and oxygen atoms in total. The van der Waals surface area contributed by atoms with E-state index in [-0.39, 0.29) is 28.8 Å². The van der Waals surface area contributed by atoms with Crippen LogP contribution < -0.4 is 15.2 Å². The third kappa shape index (κ3) is 4.78. The summed E-state index contributed by atoms with van der Waals surface area (Å²) in [5.41, 5.74) is 5.86. The zero-order chi connectivity index (χ0) is 18.0. The molecule has 8 heteroatoms. The number of nitrogens with two attached hydrogens (primary N) is 1. The van der Waals surface area contributed by atoms with Gasteiger partial charge in [0.05, 0.1) is 18.1 Å². The Morgan fingerprint density at radius 3 is 2.36 bits per heavy atom. The Bertz CT molecular complexity index is 679. The lowest BCUT2D eigenvalue weighted by molar-refractivity contribution is 0.155. The van der Waals surface area contributed by atoms with E-state index in [4.69, 9.17) is 15.2 Å². The van der Waals surface area contributed by atoms with Gasteiger partial charge in [-0.15, -0.1) is 12.4 Å². The summed E-state index contributed by atoms with van der Waals surface area (Å²) in [5.74, 6) is 1.01. The Kier molecular flexibility index (Phi) is 7.55. The highest BCUT2D eigenvalue weighted by Crippen LogP contribution is 2.34. The van der Waals surface area contributed by atoms with Crippen molar-refractivity contribution in [2.24, 2.45) is 11.1 Å². The van der Waals surface area contributed by atoms with E-state index in [9.17, 15) is 8.42 Å². The predicted molar refractivity (Wildman–Crippen MR) is 101 cm³/mol. The van der Waals surface area contributed by atoms with Crippen LogP contribution in [-0.4, -0.2) is 45.1 Å². The first-order chi connectivity index (χ1) is 11.2. The second kappa shape index (κ2) is 8.58. The lowest BCUT2D eigenvalue weighted by Gasteiger charge is -2.41. The Hall–Kier alpha value is -1.02. The van der Waals surface area contributed by atoms with E-state index in [1.54, 1.807) is 18.2 Å². The molecule has 1 aliphatic heterocycles. The SMILES string of the molecule is CCOc1ccc(S(=O)(=O)N2CCC(N)C(C)(C)C2)cc1OCC.Cl. The van der Waals surface area contributed by atoms with Gasteiger partial charge in [-0.3, -0.25) is 0 Å². The van der Waals surface area contributed by atoms with Crippen LogP contribution in [-0.2, 0) is 10.0 Å². The molecule has 0 saturated carbocycles. The summed E-state index contributed by atoms with van der Waals surface area (Å²) in [7, 11) is -3.59. The molecule has 1 atom stereocenters. The largest absolute Gasteiger partial charge is 0.490 e. The second-order valence-electron chi connectivity index (χ2n) is 6.70. The highest BCUT2D eigenvalue weighted by Gasteiger charge is 2.39. The molecule has 1 fully saturated rings. The molecule has 1 heterocycles. The van der Waals surface area contributed by atoms with Gasteiger partial charge in [-0.1, -0.05) is 13.8 Å². The fourth-order valence-corrected chi connectivity index (χ4v) is 4.51. The van der Waals surface area contributed by atoms with Crippen LogP contribution in [0.4, 0.5) is 0 Å². The van der Waals surface area contributed by atoms with E-state index in [1.165, 1.54) is 4.31 Å². The van der Waals surface area contributed by atoms with Gasteiger partial charge in [0.1, 0.15) is 0 Å². The van der Waals surface area contributed by atoms with Crippen molar-refractivity contribution < 1.29 is 17.9 Å². The third-order valence-corrected chi connectivity index (χ3v) is 6.27. The molecule has 144 valence electrons. The first-order valence-corrected chi connectivity index (χ1v) is 9.81. The van der Waals surface area contributed by atoms with Crippen LogP contribution in [0.25, 0.3) is 0 Å². The molecule has 1 unspecified atom stereocenters. The molecule has 0 radical (unpaired) electrons. The number of benzene rings is 1. The molecule has 1 aromatic rings. The first-order valence-electron chi connectivity index (χ1n) is 8.37. The second-order valence-corrected chi connectivity index (χ2v) is 8.63. The number of hydrogen-bond acceptors (Lipinski definition) is 5. The van der Waals surface area contributed by atoms with Gasteiger partial charge in [-0.05, 0) is 37.8 Å². The molecular weight excluding hydrogens is 364 g/mol. The van der Waals surface area contributed by atoms with Gasteiger partial charge < -0.3 is 15.2 Å². The minimum absolute atomic E-state index is 0. The van der Waals surface area contributed by atoms with Crippen LogP contribution in [0, 0.1) is 5.41 Å². The molecule has 2 N–H and O–H groups in total. The summed E-state index contributed by atoms with van der Waals surface area (Å²) in [6.45, 7) is 9.51. The van der Waals surface area contributed by atoms with Gasteiger partial charge in [0.25, 0.3) is 0 Å². The van der Waals surface area contributed by atoms with Crippen molar-refractivity contribution in [2.75, 3.05) is 26.3 Å². The van der Waals surface area contributed by atoms with Gasteiger partial charge in [0, 0.05) is 25.2 Å². The first kappa shape index (κ1) is 22.0. The number of ether oxygens (including phenoxy) is 2. The normalized spacial score (nSPS) is 20.6. The van der Waals surface area contributed by atoms with Crippen LogP contribution >= 0.6 is 12.4 Å². The molecule has 0 spiro atoms. The van der Waals surface area contributed by atoms with Crippen molar-refractivity contribution in [1.29, 1.82) is 0 Å². The Balaban J connectivity index is 0.00000312. The highest BCUT2D eigenvalue weighted by atomic mass is 35.5. The highest BCUT2D eigenvalue weighted by molar-refractivity contribution is 7.89. The molecule has 1 saturated heterocycles. The van der Waals surface area contributed by atoms with Gasteiger partial charge in [-0.2, -0.15) is 4.31 Å². The van der Waals surface area contributed by atoms with Crippen LogP contribution in [0.5, 0.6) is 11.5 Å². The van der Waals surface area contributed by atoms with E-state index in [0.717, 1.165) is 0 Å². The van der Waals surface area contributed by atoms with E-state index < -0.39 is 10.0 Å². The maximum Gasteiger partial charge on any atom is 0.243 e. The van der Waals surface area contributed by atoms with Gasteiger partial charge in [0.15, 0.2) is 11.5 Å². The zero-order valence-electron chi connectivity index (χ0n) is 15.3. The van der Waals surface area contributed by atoms with Crippen molar-refractivity contribution in [1.82, 2.24) is 4.31 Å². The summed E-state index contributed by atoms with van der Waals surface area (Å²) in [5, 5.41) is 0. The van der Waals surface area contributed by atoms with Crippen molar-refractivity contribution >= 4 is 22.4 Å². The molecule has 0 aliphatic carbocycles. The van der Waals surface area contributed by atoms with E-state index in [0.29, 0.717) is 44.2 Å². The van der Waals surface area contributed by atoms with Gasteiger partial charge in [0.2, 0.25) is 10.0 Å². The van der Waals surface area contributed by atoms with Crippen LogP contribution in [0.3, 0.4) is 0 Å². The number of hydrogen-bond donors (Lipinski definition) is 1. The maximum absolute atomic E-state index is 13.0. The number of sulfonamides is 1. The molecule has 0 aromatic heterocycles. The van der Waals surface area contributed by atoms with E-state index >= 15 is 0 Å². The average molecular weight is 393 g/mol. The lowest BCUT2D eigenvalue weighted by Crippen LogP contribution is -2.53. The van der Waals surface area contributed by atoms with Crippen LogP contribution in [0.1, 0.15) is 34.1 Å². The van der Waals surface area contributed by atoms with Crippen molar-refractivity contribution in [2.45, 2.75) is 45.1 Å². The summed E-state index contributed by atoms with van der Waals surface area (Å²) >= 11 is 0. The number of piperidine rings is 1. The molecule has 25 heavy (non-hydrogen) atoms. The van der Waals surface area contributed by atoms with Crippen molar-refractivity contribution in [3.05, 3.63) is 18.2 Å². The quantitative estimate of drug-likeness (QED) is 0.804. The monoisotopic (exact) mass is 392 g/mol. The molecular formula is C17H29ClN2O4S. The van der Waals surface area contributed by atoms with E-state index in [1.807, 2.05) is 27.7 Å². The third-order valence-electron chi connectivity index (χ3n) is 4.43. The fourth-order valence-electron chi connectivity index (χ4n) is 2.87. The Morgan fingerprint density at radius 2 is 1.80 bits per heavy atom. The zero-order valence-corrected chi connectivity index (χ0v) is 17.0. The Labute approximate surface area is 157 Å². The summed E-state index contributed by atoms with van der Waals surface area (Å²) in [6, 6.07) is 4.78. The Morgan fingerprint density at radius 1 is 1.20 bits per heavy atom. The maximum atomic E-state index is 13.0. The number of nitrogens with zero attached hydrogens (tertiary/aromatic N) is 1. The van der Waals surface area contributed by atoms with Crippen LogP contribution in [0.2, 0.25) is 0 Å². The smallest absolute Gasteiger partial charge is 0.243 e. The van der Waals surface area contributed by atoms with Crippen molar-refractivity contribution in [3.8, 4) is 11.5 Å². The minimum Gasteiger partial charge on any atom is -0.490 e. The molecule has 0 bridgehead atoms.